The molecule has 20 heavy (non-hydrogen) atoms. The molecule has 2 rings (SSSR count). The lowest BCUT2D eigenvalue weighted by molar-refractivity contribution is 0.581. The van der Waals surface area contributed by atoms with Crippen molar-refractivity contribution in [3.63, 3.8) is 0 Å². The molecule has 0 spiro atoms. The topological polar surface area (TPSA) is 76.0 Å². The zero-order valence-electron chi connectivity index (χ0n) is 11.7. The molecule has 2 aromatic rings. The number of sulfonamides is 1. The van der Waals surface area contributed by atoms with Crippen LogP contribution in [0.4, 0.5) is 0 Å². The van der Waals surface area contributed by atoms with Gasteiger partial charge in [0.15, 0.2) is 0 Å². The van der Waals surface area contributed by atoms with E-state index in [1.165, 1.54) is 11.3 Å². The van der Waals surface area contributed by atoms with Gasteiger partial charge in [0.25, 0.3) is 0 Å². The van der Waals surface area contributed by atoms with E-state index in [-0.39, 0.29) is 11.4 Å². The lowest BCUT2D eigenvalue weighted by atomic mass is 10.4. The molecule has 0 fully saturated rings. The van der Waals surface area contributed by atoms with Crippen molar-refractivity contribution in [2.45, 2.75) is 24.9 Å². The van der Waals surface area contributed by atoms with Gasteiger partial charge in [0.05, 0.1) is 9.90 Å². The fraction of sp³-hybridized carbons (Fsp3) is 0.417. The van der Waals surface area contributed by atoms with Crippen LogP contribution in [0.25, 0.3) is 0 Å². The summed E-state index contributed by atoms with van der Waals surface area (Å²) in [6.07, 6.45) is 3.31. The quantitative estimate of drug-likeness (QED) is 0.833. The molecule has 0 unspecified atom stereocenters. The van der Waals surface area contributed by atoms with Crippen LogP contribution in [0.5, 0.6) is 0 Å². The smallest absolute Gasteiger partial charge is 0.242 e. The van der Waals surface area contributed by atoms with Gasteiger partial charge in [0.1, 0.15) is 0 Å². The normalized spacial score (nSPS) is 11.9. The zero-order valence-corrected chi connectivity index (χ0v) is 13.3. The second-order valence-electron chi connectivity index (χ2n) is 4.48. The summed E-state index contributed by atoms with van der Waals surface area (Å²) >= 11 is 1.49. The van der Waals surface area contributed by atoms with E-state index in [9.17, 15) is 8.42 Å². The molecule has 0 aliphatic carbocycles. The Morgan fingerprint density at radius 2 is 2.15 bits per heavy atom. The molecule has 0 bridgehead atoms. The summed E-state index contributed by atoms with van der Waals surface area (Å²) in [5.74, 6) is 0. The number of aromatic nitrogens is 2. The lowest BCUT2D eigenvalue weighted by Gasteiger charge is -2.02. The Balaban J connectivity index is 2.11. The van der Waals surface area contributed by atoms with Gasteiger partial charge in [-0.15, -0.1) is 11.3 Å². The number of aryl methyl sites for hydroxylation is 2. The molecule has 0 amide bonds. The van der Waals surface area contributed by atoms with Gasteiger partial charge in [-0.05, 0) is 20.0 Å². The van der Waals surface area contributed by atoms with E-state index < -0.39 is 10.0 Å². The van der Waals surface area contributed by atoms with Crippen LogP contribution in [0.1, 0.15) is 15.6 Å². The van der Waals surface area contributed by atoms with E-state index >= 15 is 0 Å². The van der Waals surface area contributed by atoms with Gasteiger partial charge in [-0.3, -0.25) is 0 Å². The van der Waals surface area contributed by atoms with Crippen molar-refractivity contribution in [1.29, 1.82) is 0 Å². The Labute approximate surface area is 122 Å². The predicted octanol–water partition coefficient (Wildman–Crippen LogP) is 0.988. The molecule has 2 N–H and O–H groups in total. The fourth-order valence-corrected chi connectivity index (χ4v) is 3.74. The summed E-state index contributed by atoms with van der Waals surface area (Å²) in [7, 11) is 0.168. The monoisotopic (exact) mass is 314 g/mol. The van der Waals surface area contributed by atoms with Crippen LogP contribution in [-0.2, 0) is 30.2 Å². The molecule has 8 heteroatoms. The largest absolute Gasteiger partial charge is 0.352 e. The summed E-state index contributed by atoms with van der Waals surface area (Å²) in [6, 6.07) is 1.68. The van der Waals surface area contributed by atoms with Crippen LogP contribution in [0, 0.1) is 6.92 Å². The highest BCUT2D eigenvalue weighted by Gasteiger charge is 2.17. The van der Waals surface area contributed by atoms with Crippen molar-refractivity contribution in [2.24, 2.45) is 7.05 Å². The van der Waals surface area contributed by atoms with Crippen molar-refractivity contribution >= 4 is 21.4 Å². The molecular formula is C12H18N4O2S2. The average Bonchev–Trinajstić information content (AvgIpc) is 2.95. The first-order valence-electron chi connectivity index (χ1n) is 6.13. The van der Waals surface area contributed by atoms with Crippen molar-refractivity contribution < 1.29 is 8.42 Å². The van der Waals surface area contributed by atoms with Gasteiger partial charge in [-0.25, -0.2) is 18.1 Å². The minimum Gasteiger partial charge on any atom is -0.352 e. The molecule has 0 saturated carbocycles. The first-order valence-corrected chi connectivity index (χ1v) is 8.43. The van der Waals surface area contributed by atoms with E-state index in [2.05, 4.69) is 15.0 Å². The highest BCUT2D eigenvalue weighted by Crippen LogP contribution is 2.15. The maximum atomic E-state index is 12.2. The van der Waals surface area contributed by atoms with E-state index in [1.807, 2.05) is 25.6 Å². The molecule has 0 aliphatic heterocycles. The first-order chi connectivity index (χ1) is 9.42. The van der Waals surface area contributed by atoms with Crippen LogP contribution in [0.15, 0.2) is 23.4 Å². The SMILES string of the molecule is CNCc1cc(S(=O)(=O)NCc2cnc(C)s2)cn1C. The van der Waals surface area contributed by atoms with E-state index in [4.69, 9.17) is 0 Å². The zero-order chi connectivity index (χ0) is 14.8. The molecule has 6 nitrogen and oxygen atoms in total. The van der Waals surface area contributed by atoms with Crippen LogP contribution in [-0.4, -0.2) is 25.0 Å². The van der Waals surface area contributed by atoms with Gasteiger partial charge < -0.3 is 9.88 Å². The number of thiazole rings is 1. The van der Waals surface area contributed by atoms with Gasteiger partial charge in [0, 0.05) is 43.1 Å². The Morgan fingerprint density at radius 1 is 1.40 bits per heavy atom. The molecule has 0 aliphatic rings. The summed E-state index contributed by atoms with van der Waals surface area (Å²) in [4.78, 5) is 5.29. The number of hydrogen-bond acceptors (Lipinski definition) is 5. The molecule has 2 aromatic heterocycles. The first kappa shape index (κ1) is 15.2. The molecule has 0 saturated heterocycles. The standard InChI is InChI=1S/C12H18N4O2S2/c1-9-14-6-11(19-9)7-15-20(17,18)12-4-10(5-13-2)16(3)8-12/h4,6,8,13,15H,5,7H2,1-3H3. The molecule has 0 atom stereocenters. The lowest BCUT2D eigenvalue weighted by Crippen LogP contribution is -2.22. The van der Waals surface area contributed by atoms with Crippen molar-refractivity contribution in [3.05, 3.63) is 34.0 Å². The molecule has 0 radical (unpaired) electrons. The second-order valence-corrected chi connectivity index (χ2v) is 7.56. The van der Waals surface area contributed by atoms with Crippen molar-refractivity contribution in [1.82, 2.24) is 19.6 Å². The highest BCUT2D eigenvalue weighted by molar-refractivity contribution is 7.89. The van der Waals surface area contributed by atoms with E-state index in [1.54, 1.807) is 18.5 Å². The molecule has 110 valence electrons. The van der Waals surface area contributed by atoms with E-state index in [0.29, 0.717) is 6.54 Å². The highest BCUT2D eigenvalue weighted by atomic mass is 32.2. The van der Waals surface area contributed by atoms with E-state index in [0.717, 1.165) is 15.6 Å². The molecular weight excluding hydrogens is 296 g/mol. The second kappa shape index (κ2) is 6.04. The maximum absolute atomic E-state index is 12.2. The summed E-state index contributed by atoms with van der Waals surface area (Å²) in [5, 5.41) is 3.93. The minimum absolute atomic E-state index is 0.268. The van der Waals surface area contributed by atoms with Gasteiger partial charge in [0.2, 0.25) is 10.0 Å². The van der Waals surface area contributed by atoms with Crippen LogP contribution in [0.3, 0.4) is 0 Å². The van der Waals surface area contributed by atoms with Gasteiger partial charge in [-0.1, -0.05) is 0 Å². The third-order valence-electron chi connectivity index (χ3n) is 2.86. The summed E-state index contributed by atoms with van der Waals surface area (Å²) in [6.45, 7) is 2.79. The Kier molecular flexibility index (Phi) is 4.59. The van der Waals surface area contributed by atoms with Gasteiger partial charge >= 0.3 is 0 Å². The maximum Gasteiger partial charge on any atom is 0.242 e. The predicted molar refractivity (Wildman–Crippen MR) is 79.1 cm³/mol. The molecule has 0 aromatic carbocycles. The number of nitrogens with zero attached hydrogens (tertiary/aromatic N) is 2. The Bertz CT molecular complexity index is 688. The van der Waals surface area contributed by atoms with Crippen molar-refractivity contribution in [3.8, 4) is 0 Å². The van der Waals surface area contributed by atoms with Gasteiger partial charge in [-0.2, -0.15) is 0 Å². The minimum atomic E-state index is -3.49. The molecule has 2 heterocycles. The van der Waals surface area contributed by atoms with Crippen molar-refractivity contribution in [2.75, 3.05) is 7.05 Å². The summed E-state index contributed by atoms with van der Waals surface area (Å²) < 4.78 is 28.8. The third-order valence-corrected chi connectivity index (χ3v) is 5.14. The Hall–Kier alpha value is -1.22. The van der Waals surface area contributed by atoms with Crippen LogP contribution in [0.2, 0.25) is 0 Å². The number of rotatable bonds is 6. The Morgan fingerprint density at radius 3 is 2.75 bits per heavy atom. The number of nitrogens with one attached hydrogen (secondary N) is 2. The van der Waals surface area contributed by atoms with Crippen LogP contribution < -0.4 is 10.0 Å². The summed E-state index contributed by atoms with van der Waals surface area (Å²) in [5.41, 5.74) is 0.918. The van der Waals surface area contributed by atoms with Crippen LogP contribution >= 0.6 is 11.3 Å². The third kappa shape index (κ3) is 3.45. The number of hydrogen-bond donors (Lipinski definition) is 2. The fourth-order valence-electron chi connectivity index (χ4n) is 1.82. The average molecular weight is 314 g/mol.